The molecule has 0 bridgehead atoms. The SMILES string of the molecule is CC(=O)c1ccc(Nc2ncc(-c3sc(NC(=N)N)nc3C)s2)cc1. The quantitative estimate of drug-likeness (QED) is 0.307. The lowest BCUT2D eigenvalue weighted by molar-refractivity contribution is 0.101. The van der Waals surface area contributed by atoms with E-state index in [1.807, 2.05) is 19.1 Å². The molecule has 25 heavy (non-hydrogen) atoms. The van der Waals surface area contributed by atoms with Crippen molar-refractivity contribution in [1.82, 2.24) is 9.97 Å². The second kappa shape index (κ2) is 6.99. The Morgan fingerprint density at radius 2 is 1.92 bits per heavy atom. The molecule has 1 aromatic carbocycles. The van der Waals surface area contributed by atoms with Gasteiger partial charge >= 0.3 is 0 Å². The molecule has 3 rings (SSSR count). The van der Waals surface area contributed by atoms with Crippen molar-refractivity contribution in [2.75, 3.05) is 10.6 Å². The highest BCUT2D eigenvalue weighted by atomic mass is 32.1. The molecule has 0 amide bonds. The summed E-state index contributed by atoms with van der Waals surface area (Å²) in [6, 6.07) is 7.27. The maximum Gasteiger partial charge on any atom is 0.192 e. The maximum atomic E-state index is 11.3. The fourth-order valence-corrected chi connectivity index (χ4v) is 4.10. The van der Waals surface area contributed by atoms with Gasteiger partial charge in [0.2, 0.25) is 0 Å². The first-order valence-electron chi connectivity index (χ1n) is 7.35. The zero-order valence-electron chi connectivity index (χ0n) is 13.6. The third-order valence-corrected chi connectivity index (χ3v) is 5.48. The van der Waals surface area contributed by atoms with Crippen LogP contribution < -0.4 is 16.4 Å². The number of thiazole rings is 2. The van der Waals surface area contributed by atoms with Gasteiger partial charge in [-0.2, -0.15) is 0 Å². The Balaban J connectivity index is 1.77. The lowest BCUT2D eigenvalue weighted by Gasteiger charge is -2.02. The first-order valence-corrected chi connectivity index (χ1v) is 8.98. The number of hydrogen-bond donors (Lipinski definition) is 4. The largest absolute Gasteiger partial charge is 0.370 e. The number of nitrogens with one attached hydrogen (secondary N) is 3. The van der Waals surface area contributed by atoms with Crippen LogP contribution in [-0.4, -0.2) is 21.7 Å². The number of aromatic nitrogens is 2. The van der Waals surface area contributed by atoms with E-state index in [-0.39, 0.29) is 11.7 Å². The van der Waals surface area contributed by atoms with Crippen LogP contribution in [0, 0.1) is 12.3 Å². The second-order valence-corrected chi connectivity index (χ2v) is 7.29. The highest BCUT2D eigenvalue weighted by Crippen LogP contribution is 2.37. The Bertz CT molecular complexity index is 929. The number of nitrogens with two attached hydrogens (primary N) is 1. The van der Waals surface area contributed by atoms with Gasteiger partial charge < -0.3 is 16.4 Å². The number of nitrogens with zero attached hydrogens (tertiary/aromatic N) is 2. The molecule has 0 unspecified atom stereocenters. The average Bonchev–Trinajstić information content (AvgIpc) is 3.13. The number of benzene rings is 1. The third kappa shape index (κ3) is 4.01. The van der Waals surface area contributed by atoms with Crippen LogP contribution in [0.15, 0.2) is 30.5 Å². The van der Waals surface area contributed by atoms with Crippen LogP contribution in [0.2, 0.25) is 0 Å². The fraction of sp³-hybridized carbons (Fsp3) is 0.125. The van der Waals surface area contributed by atoms with Crippen molar-refractivity contribution in [2.45, 2.75) is 13.8 Å². The Hall–Kier alpha value is -2.78. The molecule has 5 N–H and O–H groups in total. The number of carbonyl (C=O) groups excluding carboxylic acids is 1. The first kappa shape index (κ1) is 17.1. The van der Waals surface area contributed by atoms with E-state index in [1.54, 1.807) is 25.3 Å². The van der Waals surface area contributed by atoms with Gasteiger partial charge in [0.25, 0.3) is 0 Å². The molecule has 0 atom stereocenters. The number of Topliss-reactive ketones (excluding diaryl/α,β-unsaturated/α-hetero) is 1. The molecule has 0 aliphatic heterocycles. The van der Waals surface area contributed by atoms with Crippen LogP contribution in [0.25, 0.3) is 9.75 Å². The summed E-state index contributed by atoms with van der Waals surface area (Å²) in [6.07, 6.45) is 1.79. The van der Waals surface area contributed by atoms with Gasteiger partial charge in [-0.1, -0.05) is 22.7 Å². The van der Waals surface area contributed by atoms with Gasteiger partial charge in [-0.3, -0.25) is 10.2 Å². The summed E-state index contributed by atoms with van der Waals surface area (Å²) in [7, 11) is 0. The molecule has 3 aromatic rings. The molecule has 2 aromatic heterocycles. The van der Waals surface area contributed by atoms with E-state index in [9.17, 15) is 4.79 Å². The normalized spacial score (nSPS) is 10.5. The molecule has 0 saturated heterocycles. The summed E-state index contributed by atoms with van der Waals surface area (Å²) >= 11 is 2.93. The highest BCUT2D eigenvalue weighted by molar-refractivity contribution is 7.25. The van der Waals surface area contributed by atoms with E-state index in [1.165, 1.54) is 22.7 Å². The Morgan fingerprint density at radius 3 is 2.56 bits per heavy atom. The Kier molecular flexibility index (Phi) is 4.77. The zero-order valence-corrected chi connectivity index (χ0v) is 15.2. The summed E-state index contributed by atoms with van der Waals surface area (Å²) < 4.78 is 0. The molecule has 9 heteroatoms. The molecule has 0 aliphatic rings. The number of guanidine groups is 1. The Morgan fingerprint density at radius 1 is 1.20 bits per heavy atom. The maximum absolute atomic E-state index is 11.3. The number of hydrogen-bond acceptors (Lipinski definition) is 7. The van der Waals surface area contributed by atoms with Crippen molar-refractivity contribution < 1.29 is 4.79 Å². The molecule has 0 fully saturated rings. The predicted molar refractivity (Wildman–Crippen MR) is 103 cm³/mol. The lowest BCUT2D eigenvalue weighted by Crippen LogP contribution is -2.20. The standard InChI is InChI=1S/C16H16N6OS2/c1-8-13(25-16(20-8)22-14(17)18)12-7-19-15(24-12)21-11-5-3-10(4-6-11)9(2)23/h3-7H,1-2H3,(H,19,21)(H4,17,18,20,22). The van der Waals surface area contributed by atoms with Crippen LogP contribution in [0.3, 0.4) is 0 Å². The second-order valence-electron chi connectivity index (χ2n) is 5.26. The van der Waals surface area contributed by atoms with Gasteiger partial charge in [0.15, 0.2) is 22.0 Å². The number of rotatable bonds is 5. The van der Waals surface area contributed by atoms with E-state index in [4.69, 9.17) is 11.1 Å². The minimum absolute atomic E-state index is 0.0405. The molecule has 128 valence electrons. The smallest absolute Gasteiger partial charge is 0.192 e. The topological polar surface area (TPSA) is 117 Å². The van der Waals surface area contributed by atoms with E-state index in [0.717, 1.165) is 26.3 Å². The van der Waals surface area contributed by atoms with Crippen LogP contribution in [0.5, 0.6) is 0 Å². The minimum atomic E-state index is -0.138. The summed E-state index contributed by atoms with van der Waals surface area (Å²) in [5.74, 6) is -0.0975. The molecule has 0 spiro atoms. The Labute approximate surface area is 152 Å². The molecular weight excluding hydrogens is 356 g/mol. The van der Waals surface area contributed by atoms with Crippen molar-refractivity contribution in [1.29, 1.82) is 5.41 Å². The van der Waals surface area contributed by atoms with Gasteiger partial charge in [-0.05, 0) is 38.1 Å². The number of ketones is 1. The van der Waals surface area contributed by atoms with Gasteiger partial charge in [0.1, 0.15) is 0 Å². The van der Waals surface area contributed by atoms with Gasteiger partial charge in [-0.15, -0.1) is 0 Å². The van der Waals surface area contributed by atoms with Crippen LogP contribution in [0.4, 0.5) is 16.0 Å². The summed E-state index contributed by atoms with van der Waals surface area (Å²) in [6.45, 7) is 3.45. The summed E-state index contributed by atoms with van der Waals surface area (Å²) in [5.41, 5.74) is 7.74. The first-order chi connectivity index (χ1) is 11.9. The van der Waals surface area contributed by atoms with Crippen molar-refractivity contribution in [3.63, 3.8) is 0 Å². The van der Waals surface area contributed by atoms with E-state index in [2.05, 4.69) is 20.6 Å². The van der Waals surface area contributed by atoms with E-state index in [0.29, 0.717) is 10.7 Å². The molecule has 7 nitrogen and oxygen atoms in total. The highest BCUT2D eigenvalue weighted by Gasteiger charge is 2.13. The fourth-order valence-electron chi connectivity index (χ4n) is 2.14. The van der Waals surface area contributed by atoms with Crippen LogP contribution in [-0.2, 0) is 0 Å². The van der Waals surface area contributed by atoms with Gasteiger partial charge in [0, 0.05) is 17.4 Å². The van der Waals surface area contributed by atoms with Crippen LogP contribution >= 0.6 is 22.7 Å². The monoisotopic (exact) mass is 372 g/mol. The molecule has 0 aliphatic carbocycles. The van der Waals surface area contributed by atoms with Crippen LogP contribution in [0.1, 0.15) is 23.0 Å². The van der Waals surface area contributed by atoms with E-state index >= 15 is 0 Å². The number of carbonyl (C=O) groups is 1. The zero-order chi connectivity index (χ0) is 18.0. The number of aryl methyl sites for hydroxylation is 1. The molecule has 2 heterocycles. The average molecular weight is 372 g/mol. The lowest BCUT2D eigenvalue weighted by atomic mass is 10.1. The predicted octanol–water partition coefficient (Wildman–Crippen LogP) is 3.83. The summed E-state index contributed by atoms with van der Waals surface area (Å²) in [4.78, 5) is 22.0. The number of anilines is 3. The summed E-state index contributed by atoms with van der Waals surface area (Å²) in [5, 5.41) is 14.6. The molecule has 0 radical (unpaired) electrons. The third-order valence-electron chi connectivity index (χ3n) is 3.31. The minimum Gasteiger partial charge on any atom is -0.370 e. The molecular formula is C16H16N6OS2. The molecule has 0 saturated carbocycles. The van der Waals surface area contributed by atoms with Crippen molar-refractivity contribution in [3.05, 3.63) is 41.7 Å². The van der Waals surface area contributed by atoms with Gasteiger partial charge in [0.05, 0.1) is 15.4 Å². The van der Waals surface area contributed by atoms with Crippen molar-refractivity contribution in [2.24, 2.45) is 5.73 Å². The van der Waals surface area contributed by atoms with Crippen molar-refractivity contribution >= 4 is 50.4 Å². The van der Waals surface area contributed by atoms with Gasteiger partial charge in [-0.25, -0.2) is 9.97 Å². The van der Waals surface area contributed by atoms with Crippen molar-refractivity contribution in [3.8, 4) is 9.75 Å². The van der Waals surface area contributed by atoms with E-state index < -0.39 is 0 Å².